The average molecular weight is 211 g/mol. The lowest BCUT2D eigenvalue weighted by atomic mass is 9.90. The van der Waals surface area contributed by atoms with Gasteiger partial charge in [0.15, 0.2) is 0 Å². The molecular weight excluding hydrogens is 182 g/mol. The Kier molecular flexibility index (Phi) is 5.11. The summed E-state index contributed by atoms with van der Waals surface area (Å²) in [6, 6.07) is 0. The molecule has 1 nitrogen and oxygen atoms in total. The summed E-state index contributed by atoms with van der Waals surface area (Å²) in [6.07, 6.45) is 7.00. The van der Waals surface area contributed by atoms with Crippen molar-refractivity contribution < 1.29 is 0 Å². The zero-order valence-electron chi connectivity index (χ0n) is 11.2. The summed E-state index contributed by atoms with van der Waals surface area (Å²) in [6.45, 7) is 13.4. The molecule has 1 rings (SSSR count). The Hall–Kier alpha value is -0.0400. The van der Waals surface area contributed by atoms with E-state index < -0.39 is 0 Å². The van der Waals surface area contributed by atoms with Gasteiger partial charge >= 0.3 is 0 Å². The quantitative estimate of drug-likeness (QED) is 0.637. The Morgan fingerprint density at radius 1 is 1.07 bits per heavy atom. The zero-order chi connectivity index (χ0) is 11.3. The molecule has 0 spiro atoms. The Balaban J connectivity index is 2.01. The summed E-state index contributed by atoms with van der Waals surface area (Å²) >= 11 is 0. The summed E-state index contributed by atoms with van der Waals surface area (Å²) in [5.74, 6) is 0.968. The Labute approximate surface area is 96.2 Å². The first kappa shape index (κ1) is 13.0. The molecule has 0 radical (unpaired) electrons. The molecule has 0 amide bonds. The van der Waals surface area contributed by atoms with Crippen LogP contribution in [0.5, 0.6) is 0 Å². The molecule has 1 fully saturated rings. The van der Waals surface area contributed by atoms with Crippen LogP contribution in [0.3, 0.4) is 0 Å². The van der Waals surface area contributed by atoms with E-state index in [-0.39, 0.29) is 0 Å². The maximum atomic E-state index is 2.66. The van der Waals surface area contributed by atoms with Crippen LogP contribution >= 0.6 is 0 Å². The number of nitrogens with zero attached hydrogens (tertiary/aromatic N) is 1. The molecule has 0 saturated carbocycles. The van der Waals surface area contributed by atoms with Gasteiger partial charge in [-0.25, -0.2) is 0 Å². The second-order valence-electron chi connectivity index (χ2n) is 6.54. The standard InChI is InChI=1S/C14H29N/c1-13-7-11-15(12-8-13)10-6-5-9-14(2,3)4/h13H,5-12H2,1-4H3. The third kappa shape index (κ3) is 6.19. The molecule has 0 atom stereocenters. The second-order valence-corrected chi connectivity index (χ2v) is 6.54. The third-order valence-corrected chi connectivity index (χ3v) is 3.53. The molecular formula is C14H29N. The number of piperidine rings is 1. The molecule has 0 bridgehead atoms. The summed E-state index contributed by atoms with van der Waals surface area (Å²) in [5, 5.41) is 0. The predicted molar refractivity (Wildman–Crippen MR) is 68.1 cm³/mol. The summed E-state index contributed by atoms with van der Waals surface area (Å²) in [5.41, 5.74) is 0.524. The van der Waals surface area contributed by atoms with Crippen molar-refractivity contribution in [1.82, 2.24) is 4.90 Å². The predicted octanol–water partition coefficient (Wildman–Crippen LogP) is 3.93. The molecule has 0 aromatic carbocycles. The van der Waals surface area contributed by atoms with Gasteiger partial charge in [-0.2, -0.15) is 0 Å². The van der Waals surface area contributed by atoms with E-state index in [4.69, 9.17) is 0 Å². The molecule has 0 aliphatic carbocycles. The minimum absolute atomic E-state index is 0.524. The Bertz CT molecular complexity index is 161. The monoisotopic (exact) mass is 211 g/mol. The van der Waals surface area contributed by atoms with E-state index in [1.165, 1.54) is 51.7 Å². The van der Waals surface area contributed by atoms with Crippen LogP contribution in [-0.4, -0.2) is 24.5 Å². The van der Waals surface area contributed by atoms with Crippen molar-refractivity contribution in [2.24, 2.45) is 11.3 Å². The molecule has 1 aliphatic heterocycles. The van der Waals surface area contributed by atoms with E-state index in [9.17, 15) is 0 Å². The highest BCUT2D eigenvalue weighted by Gasteiger charge is 2.15. The van der Waals surface area contributed by atoms with Crippen LogP contribution in [0.15, 0.2) is 0 Å². The molecule has 1 heterocycles. The first-order valence-electron chi connectivity index (χ1n) is 6.70. The smallest absolute Gasteiger partial charge is 0.00162 e. The average Bonchev–Trinajstić information content (AvgIpc) is 2.14. The van der Waals surface area contributed by atoms with Crippen LogP contribution in [0, 0.1) is 11.3 Å². The first-order valence-corrected chi connectivity index (χ1v) is 6.70. The lowest BCUT2D eigenvalue weighted by Crippen LogP contribution is -2.33. The van der Waals surface area contributed by atoms with Crippen molar-refractivity contribution >= 4 is 0 Å². The van der Waals surface area contributed by atoms with Gasteiger partial charge in [0.05, 0.1) is 0 Å². The molecule has 90 valence electrons. The summed E-state index contributed by atoms with van der Waals surface area (Å²) < 4.78 is 0. The van der Waals surface area contributed by atoms with Crippen molar-refractivity contribution in [2.45, 2.75) is 59.8 Å². The van der Waals surface area contributed by atoms with E-state index >= 15 is 0 Å². The van der Waals surface area contributed by atoms with Gasteiger partial charge < -0.3 is 4.90 Å². The summed E-state index contributed by atoms with van der Waals surface area (Å²) in [7, 11) is 0. The van der Waals surface area contributed by atoms with E-state index in [0.717, 1.165) is 5.92 Å². The van der Waals surface area contributed by atoms with Crippen molar-refractivity contribution in [3.8, 4) is 0 Å². The van der Waals surface area contributed by atoms with E-state index in [2.05, 4.69) is 32.6 Å². The van der Waals surface area contributed by atoms with Gasteiger partial charge in [-0.1, -0.05) is 34.1 Å². The number of hydrogen-bond donors (Lipinski definition) is 0. The Morgan fingerprint density at radius 3 is 2.20 bits per heavy atom. The first-order chi connectivity index (χ1) is 6.97. The fourth-order valence-corrected chi connectivity index (χ4v) is 2.28. The molecule has 0 aromatic heterocycles. The van der Waals surface area contributed by atoms with Crippen molar-refractivity contribution in [1.29, 1.82) is 0 Å². The number of likely N-dealkylation sites (tertiary alicyclic amines) is 1. The highest BCUT2D eigenvalue weighted by molar-refractivity contribution is 4.69. The number of unbranched alkanes of at least 4 members (excludes halogenated alkanes) is 1. The maximum Gasteiger partial charge on any atom is -0.00162 e. The fraction of sp³-hybridized carbons (Fsp3) is 1.00. The lowest BCUT2D eigenvalue weighted by molar-refractivity contribution is 0.186. The van der Waals surface area contributed by atoms with Crippen molar-refractivity contribution in [2.75, 3.05) is 19.6 Å². The van der Waals surface area contributed by atoms with Gasteiger partial charge in [0, 0.05) is 0 Å². The van der Waals surface area contributed by atoms with Crippen molar-refractivity contribution in [3.63, 3.8) is 0 Å². The minimum atomic E-state index is 0.524. The lowest BCUT2D eigenvalue weighted by Gasteiger charge is -2.30. The van der Waals surface area contributed by atoms with Crippen LogP contribution in [-0.2, 0) is 0 Å². The SMILES string of the molecule is CC1CCN(CCCCC(C)(C)C)CC1. The highest BCUT2D eigenvalue weighted by Crippen LogP contribution is 2.22. The van der Waals surface area contributed by atoms with Crippen LogP contribution in [0.25, 0.3) is 0 Å². The highest BCUT2D eigenvalue weighted by atomic mass is 15.1. The van der Waals surface area contributed by atoms with Gasteiger partial charge in [0.2, 0.25) is 0 Å². The molecule has 0 aromatic rings. The molecule has 0 N–H and O–H groups in total. The van der Waals surface area contributed by atoms with E-state index in [1.54, 1.807) is 0 Å². The van der Waals surface area contributed by atoms with Crippen LogP contribution < -0.4 is 0 Å². The van der Waals surface area contributed by atoms with Crippen LogP contribution in [0.1, 0.15) is 59.8 Å². The van der Waals surface area contributed by atoms with Crippen LogP contribution in [0.2, 0.25) is 0 Å². The third-order valence-electron chi connectivity index (χ3n) is 3.53. The minimum Gasteiger partial charge on any atom is -0.303 e. The summed E-state index contributed by atoms with van der Waals surface area (Å²) in [4.78, 5) is 2.66. The molecule has 0 unspecified atom stereocenters. The van der Waals surface area contributed by atoms with Gasteiger partial charge in [-0.15, -0.1) is 0 Å². The molecule has 15 heavy (non-hydrogen) atoms. The van der Waals surface area contributed by atoms with Crippen molar-refractivity contribution in [3.05, 3.63) is 0 Å². The van der Waals surface area contributed by atoms with E-state index in [1.807, 2.05) is 0 Å². The molecule has 1 aliphatic rings. The maximum absolute atomic E-state index is 2.66. The van der Waals surface area contributed by atoms with E-state index in [0.29, 0.717) is 5.41 Å². The number of rotatable bonds is 4. The largest absolute Gasteiger partial charge is 0.303 e. The second kappa shape index (κ2) is 5.89. The molecule has 1 heteroatoms. The zero-order valence-corrected chi connectivity index (χ0v) is 11.2. The van der Waals surface area contributed by atoms with Gasteiger partial charge in [-0.3, -0.25) is 0 Å². The topological polar surface area (TPSA) is 3.24 Å². The van der Waals surface area contributed by atoms with Gasteiger partial charge in [0.1, 0.15) is 0 Å². The Morgan fingerprint density at radius 2 is 1.67 bits per heavy atom. The van der Waals surface area contributed by atoms with Gasteiger partial charge in [0.25, 0.3) is 0 Å². The fourth-order valence-electron chi connectivity index (χ4n) is 2.28. The molecule has 1 saturated heterocycles. The normalized spacial score (nSPS) is 20.8. The van der Waals surface area contributed by atoms with Gasteiger partial charge in [-0.05, 0) is 56.7 Å². The number of hydrogen-bond acceptors (Lipinski definition) is 1. The van der Waals surface area contributed by atoms with Crippen LogP contribution in [0.4, 0.5) is 0 Å².